The molecular weight excluding hydrogens is 230 g/mol. The van der Waals surface area contributed by atoms with Crippen molar-refractivity contribution in [2.75, 3.05) is 19.7 Å². The molecule has 4 heteroatoms. The van der Waals surface area contributed by atoms with Crippen molar-refractivity contribution in [1.82, 2.24) is 4.90 Å². The van der Waals surface area contributed by atoms with Crippen LogP contribution in [0.1, 0.15) is 25.3 Å². The molecule has 0 aliphatic carbocycles. The van der Waals surface area contributed by atoms with Crippen molar-refractivity contribution in [3.8, 4) is 5.75 Å². The highest BCUT2D eigenvalue weighted by Crippen LogP contribution is 2.34. The second-order valence-electron chi connectivity index (χ2n) is 4.96. The number of carboxylic acids is 1. The van der Waals surface area contributed by atoms with Gasteiger partial charge in [-0.25, -0.2) is 0 Å². The fourth-order valence-corrected chi connectivity index (χ4v) is 2.30. The Morgan fingerprint density at radius 2 is 2.22 bits per heavy atom. The first-order valence-corrected chi connectivity index (χ1v) is 6.25. The van der Waals surface area contributed by atoms with Gasteiger partial charge in [-0.15, -0.1) is 0 Å². The molecule has 1 atom stereocenters. The summed E-state index contributed by atoms with van der Waals surface area (Å²) in [4.78, 5) is 12.8. The largest absolute Gasteiger partial charge is 0.493 e. The molecule has 0 saturated carbocycles. The average molecular weight is 249 g/mol. The number of ether oxygens (including phenoxy) is 1. The average Bonchev–Trinajstić information content (AvgIpc) is 2.71. The quantitative estimate of drug-likeness (QED) is 0.866. The number of carbonyl (C=O) groups is 1. The first-order valence-electron chi connectivity index (χ1n) is 6.25. The fourth-order valence-electron chi connectivity index (χ4n) is 2.30. The molecule has 1 aromatic rings. The van der Waals surface area contributed by atoms with Crippen LogP contribution in [-0.4, -0.2) is 41.7 Å². The zero-order valence-electron chi connectivity index (χ0n) is 10.8. The van der Waals surface area contributed by atoms with E-state index in [1.54, 1.807) is 0 Å². The number of benzene rings is 1. The van der Waals surface area contributed by atoms with Gasteiger partial charge in [-0.1, -0.05) is 18.2 Å². The topological polar surface area (TPSA) is 49.8 Å². The number of para-hydroxylation sites is 1. The highest BCUT2D eigenvalue weighted by Gasteiger charge is 2.27. The van der Waals surface area contributed by atoms with Crippen LogP contribution >= 0.6 is 0 Å². The molecule has 0 bridgehead atoms. The van der Waals surface area contributed by atoms with Crippen molar-refractivity contribution in [2.24, 2.45) is 0 Å². The Morgan fingerprint density at radius 3 is 2.89 bits per heavy atom. The van der Waals surface area contributed by atoms with Crippen molar-refractivity contribution in [1.29, 1.82) is 0 Å². The molecule has 18 heavy (non-hydrogen) atoms. The van der Waals surface area contributed by atoms with Crippen molar-refractivity contribution < 1.29 is 14.6 Å². The molecule has 1 aliphatic heterocycles. The summed E-state index contributed by atoms with van der Waals surface area (Å²) in [6, 6.07) is 8.20. The highest BCUT2D eigenvalue weighted by atomic mass is 16.5. The molecular formula is C14H19NO3. The van der Waals surface area contributed by atoms with Gasteiger partial charge in [0.1, 0.15) is 5.75 Å². The molecule has 0 aromatic heterocycles. The maximum atomic E-state index is 10.9. The molecule has 98 valence electrons. The molecule has 0 fully saturated rings. The van der Waals surface area contributed by atoms with Crippen LogP contribution in [0.25, 0.3) is 0 Å². The van der Waals surface area contributed by atoms with Crippen LogP contribution in [-0.2, 0) is 4.79 Å². The Balaban J connectivity index is 2.07. The lowest BCUT2D eigenvalue weighted by Gasteiger charge is -2.27. The monoisotopic (exact) mass is 249 g/mol. The normalized spacial score (nSPS) is 17.9. The number of carboxylic acid groups (broad SMARTS) is 1. The maximum absolute atomic E-state index is 10.9. The van der Waals surface area contributed by atoms with Crippen molar-refractivity contribution in [3.63, 3.8) is 0 Å². The minimum atomic E-state index is -0.782. The van der Waals surface area contributed by atoms with Gasteiger partial charge in [0.25, 0.3) is 0 Å². The second kappa shape index (κ2) is 5.40. The molecule has 1 N–H and O–H groups in total. The van der Waals surface area contributed by atoms with E-state index < -0.39 is 5.97 Å². The molecule has 0 saturated heterocycles. The summed E-state index contributed by atoms with van der Waals surface area (Å²) in [5, 5.41) is 8.93. The van der Waals surface area contributed by atoms with Gasteiger partial charge in [-0.05, 0) is 19.9 Å². The lowest BCUT2D eigenvalue weighted by molar-refractivity contribution is -0.138. The third-order valence-electron chi connectivity index (χ3n) is 3.32. The van der Waals surface area contributed by atoms with Gasteiger partial charge < -0.3 is 9.84 Å². The number of rotatable bonds is 5. The summed E-state index contributed by atoms with van der Waals surface area (Å²) in [5.74, 6) is 0.417. The SMILES string of the molecule is CC(C)N(CC(=O)O)CC1COc2ccccc21. The smallest absolute Gasteiger partial charge is 0.317 e. The van der Waals surface area contributed by atoms with E-state index >= 15 is 0 Å². The van der Waals surface area contributed by atoms with Gasteiger partial charge in [0, 0.05) is 24.1 Å². The molecule has 1 aromatic carbocycles. The van der Waals surface area contributed by atoms with Crippen LogP contribution in [0.2, 0.25) is 0 Å². The molecule has 0 amide bonds. The van der Waals surface area contributed by atoms with Gasteiger partial charge >= 0.3 is 5.97 Å². The zero-order chi connectivity index (χ0) is 13.1. The van der Waals surface area contributed by atoms with Gasteiger partial charge in [0.05, 0.1) is 13.2 Å². The first-order chi connectivity index (χ1) is 8.58. The summed E-state index contributed by atoms with van der Waals surface area (Å²) in [7, 11) is 0. The standard InChI is InChI=1S/C14H19NO3/c1-10(2)15(8-14(16)17)7-11-9-18-13-6-4-3-5-12(11)13/h3-6,10-11H,7-9H2,1-2H3,(H,16,17). The van der Waals surface area contributed by atoms with E-state index in [2.05, 4.69) is 6.07 Å². The Bertz CT molecular complexity index is 431. The molecule has 0 radical (unpaired) electrons. The van der Waals surface area contributed by atoms with Gasteiger partial charge in [-0.2, -0.15) is 0 Å². The lowest BCUT2D eigenvalue weighted by atomic mass is 10.0. The van der Waals surface area contributed by atoms with E-state index in [1.165, 1.54) is 5.56 Å². The van der Waals surface area contributed by atoms with Crippen LogP contribution in [0.4, 0.5) is 0 Å². The van der Waals surface area contributed by atoms with Gasteiger partial charge in [0.2, 0.25) is 0 Å². The van der Waals surface area contributed by atoms with Crippen LogP contribution in [0.3, 0.4) is 0 Å². The van der Waals surface area contributed by atoms with Gasteiger partial charge in [0.15, 0.2) is 0 Å². The van der Waals surface area contributed by atoms with E-state index in [4.69, 9.17) is 9.84 Å². The van der Waals surface area contributed by atoms with Crippen molar-refractivity contribution in [3.05, 3.63) is 29.8 Å². The first kappa shape index (κ1) is 12.9. The Hall–Kier alpha value is -1.55. The maximum Gasteiger partial charge on any atom is 0.317 e. The minimum absolute atomic E-state index is 0.0797. The van der Waals surface area contributed by atoms with Crippen molar-refractivity contribution >= 4 is 5.97 Å². The third kappa shape index (κ3) is 2.82. The minimum Gasteiger partial charge on any atom is -0.493 e. The molecule has 0 spiro atoms. The van der Waals surface area contributed by atoms with E-state index in [1.807, 2.05) is 36.9 Å². The number of fused-ring (bicyclic) bond motifs is 1. The van der Waals surface area contributed by atoms with Crippen molar-refractivity contribution in [2.45, 2.75) is 25.8 Å². The molecule has 1 heterocycles. The fraction of sp³-hybridized carbons (Fsp3) is 0.500. The molecule has 4 nitrogen and oxygen atoms in total. The zero-order valence-corrected chi connectivity index (χ0v) is 10.8. The van der Waals surface area contributed by atoms with E-state index in [9.17, 15) is 4.79 Å². The predicted molar refractivity (Wildman–Crippen MR) is 69.0 cm³/mol. The van der Waals surface area contributed by atoms with Gasteiger partial charge in [-0.3, -0.25) is 9.69 Å². The van der Waals surface area contributed by atoms with E-state index in [-0.39, 0.29) is 18.5 Å². The third-order valence-corrected chi connectivity index (χ3v) is 3.32. The number of aliphatic carboxylic acids is 1. The molecule has 1 unspecified atom stereocenters. The van der Waals surface area contributed by atoms with E-state index in [0.29, 0.717) is 6.61 Å². The summed E-state index contributed by atoms with van der Waals surface area (Å²) >= 11 is 0. The Morgan fingerprint density at radius 1 is 1.50 bits per heavy atom. The second-order valence-corrected chi connectivity index (χ2v) is 4.96. The number of nitrogens with zero attached hydrogens (tertiary/aromatic N) is 1. The Labute approximate surface area is 107 Å². The number of hydrogen-bond donors (Lipinski definition) is 1. The predicted octanol–water partition coefficient (Wildman–Crippen LogP) is 1.96. The van der Waals surface area contributed by atoms with Crippen LogP contribution in [0, 0.1) is 0 Å². The van der Waals surface area contributed by atoms with Crippen LogP contribution in [0.5, 0.6) is 5.75 Å². The van der Waals surface area contributed by atoms with Crippen LogP contribution in [0.15, 0.2) is 24.3 Å². The lowest BCUT2D eigenvalue weighted by Crippen LogP contribution is -2.38. The summed E-state index contributed by atoms with van der Waals surface area (Å²) in [5.41, 5.74) is 1.19. The Kier molecular flexibility index (Phi) is 3.87. The summed E-state index contributed by atoms with van der Waals surface area (Å²) in [6.07, 6.45) is 0. The summed E-state index contributed by atoms with van der Waals surface area (Å²) < 4.78 is 5.62. The highest BCUT2D eigenvalue weighted by molar-refractivity contribution is 5.69. The van der Waals surface area contributed by atoms with Crippen LogP contribution < -0.4 is 4.74 Å². The number of hydrogen-bond acceptors (Lipinski definition) is 3. The van der Waals surface area contributed by atoms with E-state index in [0.717, 1.165) is 12.3 Å². The molecule has 2 rings (SSSR count). The molecule has 1 aliphatic rings. The summed E-state index contributed by atoms with van der Waals surface area (Å²) in [6.45, 7) is 5.48.